The summed E-state index contributed by atoms with van der Waals surface area (Å²) in [6.07, 6.45) is 3.82. The van der Waals surface area contributed by atoms with Gasteiger partial charge in [-0.15, -0.1) is 0 Å². The summed E-state index contributed by atoms with van der Waals surface area (Å²) in [4.78, 5) is 0. The molecule has 2 atom stereocenters. The van der Waals surface area contributed by atoms with Crippen molar-refractivity contribution in [3.05, 3.63) is 0 Å². The minimum absolute atomic E-state index is 0.214. The van der Waals surface area contributed by atoms with Crippen molar-refractivity contribution in [1.82, 2.24) is 10.6 Å². The van der Waals surface area contributed by atoms with Gasteiger partial charge < -0.3 is 10.6 Å². The van der Waals surface area contributed by atoms with E-state index in [2.05, 4.69) is 79.9 Å². The van der Waals surface area contributed by atoms with Gasteiger partial charge in [0.25, 0.3) is 0 Å². The molecule has 2 N–H and O–H groups in total. The molecular weight excluding hydrogens is 256 g/mol. The average Bonchev–Trinajstić information content (AvgIpc) is 2.21. The van der Waals surface area contributed by atoms with Crippen molar-refractivity contribution in [1.29, 1.82) is 0 Å². The number of hydrogen-bond acceptors (Lipinski definition) is 2. The highest BCUT2D eigenvalue weighted by atomic mass is 15.0. The van der Waals surface area contributed by atoms with Crippen LogP contribution < -0.4 is 10.6 Å². The summed E-state index contributed by atoms with van der Waals surface area (Å²) in [5, 5.41) is 7.34. The lowest BCUT2D eigenvalue weighted by atomic mass is 9.76. The normalized spacial score (nSPS) is 16.6. The highest BCUT2D eigenvalue weighted by Crippen LogP contribution is 2.33. The third-order valence-electron chi connectivity index (χ3n) is 4.62. The van der Waals surface area contributed by atoms with Crippen molar-refractivity contribution in [3.63, 3.8) is 0 Å². The SMILES string of the molecule is CC(C)NC(C)CC(C)(C)CCC(C)C(C)(C)NC(C)C. The molecular formula is C19H42N2. The molecule has 0 spiro atoms. The highest BCUT2D eigenvalue weighted by molar-refractivity contribution is 4.86. The van der Waals surface area contributed by atoms with E-state index in [0.717, 1.165) is 0 Å². The van der Waals surface area contributed by atoms with E-state index in [1.54, 1.807) is 0 Å². The number of hydrogen-bond donors (Lipinski definition) is 2. The molecule has 0 bridgehead atoms. The molecule has 2 unspecified atom stereocenters. The Labute approximate surface area is 134 Å². The maximum Gasteiger partial charge on any atom is 0.0153 e. The summed E-state index contributed by atoms with van der Waals surface area (Å²) in [5.41, 5.74) is 0.621. The maximum atomic E-state index is 3.71. The molecule has 2 heteroatoms. The lowest BCUT2D eigenvalue weighted by Gasteiger charge is -2.37. The van der Waals surface area contributed by atoms with Crippen molar-refractivity contribution in [2.45, 2.75) is 112 Å². The lowest BCUT2D eigenvalue weighted by molar-refractivity contribution is 0.190. The standard InChI is InChI=1S/C19H42N2/c1-14(2)20-17(6)13-18(7,8)12-11-16(5)19(9,10)21-15(3)4/h14-17,20-21H,11-13H2,1-10H3. The Balaban J connectivity index is 4.34. The summed E-state index contributed by atoms with van der Waals surface area (Å²) in [5.74, 6) is 0.688. The molecule has 0 rings (SSSR count). The summed E-state index contributed by atoms with van der Waals surface area (Å²) in [6.45, 7) is 23.1. The maximum absolute atomic E-state index is 3.71. The quantitative estimate of drug-likeness (QED) is 0.594. The topological polar surface area (TPSA) is 24.1 Å². The van der Waals surface area contributed by atoms with Crippen LogP contribution in [0.3, 0.4) is 0 Å². The first-order valence-corrected chi connectivity index (χ1v) is 8.89. The molecule has 2 nitrogen and oxygen atoms in total. The van der Waals surface area contributed by atoms with Crippen LogP contribution in [0.15, 0.2) is 0 Å². The molecule has 21 heavy (non-hydrogen) atoms. The summed E-state index contributed by atoms with van der Waals surface area (Å²) in [6, 6.07) is 1.71. The van der Waals surface area contributed by atoms with Gasteiger partial charge in [-0.1, -0.05) is 48.5 Å². The van der Waals surface area contributed by atoms with E-state index in [0.29, 0.717) is 29.5 Å². The second kappa shape index (κ2) is 8.53. The van der Waals surface area contributed by atoms with E-state index < -0.39 is 0 Å². The first kappa shape index (κ1) is 20.9. The van der Waals surface area contributed by atoms with Gasteiger partial charge in [0.2, 0.25) is 0 Å². The van der Waals surface area contributed by atoms with Gasteiger partial charge in [-0.3, -0.25) is 0 Å². The van der Waals surface area contributed by atoms with Crippen LogP contribution in [-0.2, 0) is 0 Å². The third kappa shape index (κ3) is 9.52. The molecule has 0 aromatic carbocycles. The van der Waals surface area contributed by atoms with Gasteiger partial charge in [0.05, 0.1) is 0 Å². The molecule has 0 saturated heterocycles. The highest BCUT2D eigenvalue weighted by Gasteiger charge is 2.29. The Kier molecular flexibility index (Phi) is 8.49. The van der Waals surface area contributed by atoms with E-state index >= 15 is 0 Å². The van der Waals surface area contributed by atoms with Crippen molar-refractivity contribution < 1.29 is 0 Å². The van der Waals surface area contributed by atoms with Crippen LogP contribution in [-0.4, -0.2) is 23.7 Å². The largest absolute Gasteiger partial charge is 0.312 e. The number of nitrogens with one attached hydrogen (secondary N) is 2. The van der Waals surface area contributed by atoms with Crippen LogP contribution in [0.1, 0.15) is 88.5 Å². The van der Waals surface area contributed by atoms with Crippen LogP contribution in [0.5, 0.6) is 0 Å². The van der Waals surface area contributed by atoms with Gasteiger partial charge in [-0.05, 0) is 51.4 Å². The zero-order valence-corrected chi connectivity index (χ0v) is 16.4. The first-order valence-electron chi connectivity index (χ1n) is 8.89. The van der Waals surface area contributed by atoms with Gasteiger partial charge in [0.1, 0.15) is 0 Å². The fourth-order valence-corrected chi connectivity index (χ4v) is 3.41. The van der Waals surface area contributed by atoms with Gasteiger partial charge in [-0.25, -0.2) is 0 Å². The first-order chi connectivity index (χ1) is 9.35. The second-order valence-corrected chi connectivity index (χ2v) is 9.05. The van der Waals surface area contributed by atoms with Crippen molar-refractivity contribution >= 4 is 0 Å². The molecule has 0 radical (unpaired) electrons. The Bertz CT molecular complexity index is 279. The van der Waals surface area contributed by atoms with E-state index in [1.807, 2.05) is 0 Å². The minimum atomic E-state index is 0.214. The Hall–Kier alpha value is -0.0800. The van der Waals surface area contributed by atoms with Crippen LogP contribution >= 0.6 is 0 Å². The second-order valence-electron chi connectivity index (χ2n) is 9.05. The zero-order chi connectivity index (χ0) is 16.8. The Morgan fingerprint density at radius 2 is 1.33 bits per heavy atom. The van der Waals surface area contributed by atoms with Crippen molar-refractivity contribution in [2.24, 2.45) is 11.3 Å². The lowest BCUT2D eigenvalue weighted by Crippen LogP contribution is -2.48. The van der Waals surface area contributed by atoms with Gasteiger partial charge in [0.15, 0.2) is 0 Å². The average molecular weight is 299 g/mol. The van der Waals surface area contributed by atoms with Gasteiger partial charge in [-0.2, -0.15) is 0 Å². The molecule has 0 aromatic heterocycles. The van der Waals surface area contributed by atoms with E-state index in [1.165, 1.54) is 19.3 Å². The Morgan fingerprint density at radius 3 is 1.76 bits per heavy atom. The third-order valence-corrected chi connectivity index (χ3v) is 4.62. The molecule has 0 amide bonds. The zero-order valence-electron chi connectivity index (χ0n) is 16.4. The van der Waals surface area contributed by atoms with E-state index in [9.17, 15) is 0 Å². The molecule has 0 aromatic rings. The summed E-state index contributed by atoms with van der Waals surface area (Å²) < 4.78 is 0. The van der Waals surface area contributed by atoms with Crippen molar-refractivity contribution in [2.75, 3.05) is 0 Å². The minimum Gasteiger partial charge on any atom is -0.312 e. The molecule has 0 heterocycles. The molecule has 0 saturated carbocycles. The van der Waals surface area contributed by atoms with Crippen LogP contribution in [0.2, 0.25) is 0 Å². The van der Waals surface area contributed by atoms with Crippen LogP contribution in [0.4, 0.5) is 0 Å². The van der Waals surface area contributed by atoms with E-state index in [-0.39, 0.29) is 5.54 Å². The fourth-order valence-electron chi connectivity index (χ4n) is 3.41. The number of rotatable bonds is 10. The molecule has 0 aliphatic carbocycles. The van der Waals surface area contributed by atoms with Gasteiger partial charge >= 0.3 is 0 Å². The fraction of sp³-hybridized carbons (Fsp3) is 1.00. The molecule has 0 fully saturated rings. The monoisotopic (exact) mass is 298 g/mol. The predicted octanol–water partition coefficient (Wildman–Crippen LogP) is 4.98. The smallest absolute Gasteiger partial charge is 0.0153 e. The molecule has 0 aliphatic heterocycles. The predicted molar refractivity (Wildman–Crippen MR) is 96.9 cm³/mol. The van der Waals surface area contributed by atoms with Crippen LogP contribution in [0.25, 0.3) is 0 Å². The van der Waals surface area contributed by atoms with E-state index in [4.69, 9.17) is 0 Å². The molecule has 0 aliphatic rings. The summed E-state index contributed by atoms with van der Waals surface area (Å²) >= 11 is 0. The summed E-state index contributed by atoms with van der Waals surface area (Å²) in [7, 11) is 0. The Morgan fingerprint density at radius 1 is 0.810 bits per heavy atom. The molecule has 128 valence electrons. The van der Waals surface area contributed by atoms with Crippen LogP contribution in [0, 0.1) is 11.3 Å². The van der Waals surface area contributed by atoms with Gasteiger partial charge in [0, 0.05) is 23.7 Å². The van der Waals surface area contributed by atoms with Crippen molar-refractivity contribution in [3.8, 4) is 0 Å².